The highest BCUT2D eigenvalue weighted by molar-refractivity contribution is 5.86. The van der Waals surface area contributed by atoms with Crippen molar-refractivity contribution in [1.29, 1.82) is 0 Å². The molecule has 3 aliphatic heterocycles. The monoisotopic (exact) mass is 411 g/mol. The number of amides is 1. The molecule has 1 aromatic carbocycles. The number of guanidine groups is 1. The van der Waals surface area contributed by atoms with Crippen molar-refractivity contribution in [3.8, 4) is 0 Å². The minimum atomic E-state index is 0.199. The van der Waals surface area contributed by atoms with Gasteiger partial charge in [0, 0.05) is 39.3 Å². The highest BCUT2D eigenvalue weighted by Crippen LogP contribution is 2.22. The van der Waals surface area contributed by atoms with Crippen molar-refractivity contribution in [2.75, 3.05) is 52.9 Å². The molecule has 0 saturated carbocycles. The third-order valence-corrected chi connectivity index (χ3v) is 7.06. The summed E-state index contributed by atoms with van der Waals surface area (Å²) in [4.78, 5) is 24.2. The molecule has 164 valence electrons. The average molecular weight is 412 g/mol. The van der Waals surface area contributed by atoms with Crippen molar-refractivity contribution in [2.24, 2.45) is 10.9 Å². The number of hydrogen-bond donors (Lipinski definition) is 1. The fraction of sp³-hybridized carbons (Fsp3) is 0.667. The topological polar surface area (TPSA) is 51.2 Å². The smallest absolute Gasteiger partial charge is 0.241 e. The molecule has 0 aromatic heterocycles. The quantitative estimate of drug-likeness (QED) is 0.596. The van der Waals surface area contributed by atoms with E-state index in [1.807, 2.05) is 11.9 Å². The first-order valence-electron chi connectivity index (χ1n) is 11.7. The van der Waals surface area contributed by atoms with Gasteiger partial charge in [-0.25, -0.2) is 0 Å². The van der Waals surface area contributed by atoms with Crippen molar-refractivity contribution in [3.05, 3.63) is 35.9 Å². The van der Waals surface area contributed by atoms with Crippen LogP contribution in [-0.4, -0.2) is 85.5 Å². The Morgan fingerprint density at radius 3 is 2.40 bits per heavy atom. The van der Waals surface area contributed by atoms with E-state index in [9.17, 15) is 4.79 Å². The summed E-state index contributed by atoms with van der Waals surface area (Å²) in [5.74, 6) is 1.76. The Bertz CT molecular complexity index is 708. The molecule has 30 heavy (non-hydrogen) atoms. The Hall–Kier alpha value is -2.08. The predicted octanol–water partition coefficient (Wildman–Crippen LogP) is 2.21. The van der Waals surface area contributed by atoms with Gasteiger partial charge in [0.1, 0.15) is 0 Å². The van der Waals surface area contributed by atoms with E-state index < -0.39 is 0 Å². The predicted molar refractivity (Wildman–Crippen MR) is 122 cm³/mol. The van der Waals surface area contributed by atoms with Crippen LogP contribution in [0.25, 0.3) is 0 Å². The van der Waals surface area contributed by atoms with Gasteiger partial charge in [0.25, 0.3) is 0 Å². The number of nitrogens with one attached hydrogen (secondary N) is 1. The Kier molecular flexibility index (Phi) is 7.26. The van der Waals surface area contributed by atoms with Crippen LogP contribution in [0.4, 0.5) is 0 Å². The number of aliphatic imine (C=N–C) groups is 1. The summed E-state index contributed by atoms with van der Waals surface area (Å²) in [5.41, 5.74) is 1.41. The molecule has 4 rings (SSSR count). The van der Waals surface area contributed by atoms with Gasteiger partial charge in [-0.1, -0.05) is 30.3 Å². The van der Waals surface area contributed by atoms with Gasteiger partial charge in [-0.3, -0.25) is 14.7 Å². The maximum absolute atomic E-state index is 12.8. The first kappa shape index (κ1) is 21.2. The average Bonchev–Trinajstić information content (AvgIpc) is 3.48. The number of carbonyl (C=O) groups excluding carboxylic acids is 1. The van der Waals surface area contributed by atoms with Crippen LogP contribution in [0.15, 0.2) is 35.3 Å². The van der Waals surface area contributed by atoms with Gasteiger partial charge in [-0.05, 0) is 63.1 Å². The molecular weight excluding hydrogens is 374 g/mol. The van der Waals surface area contributed by atoms with Gasteiger partial charge < -0.3 is 15.1 Å². The maximum atomic E-state index is 12.8. The zero-order valence-corrected chi connectivity index (χ0v) is 18.4. The van der Waals surface area contributed by atoms with E-state index in [-0.39, 0.29) is 5.91 Å². The second-order valence-corrected chi connectivity index (χ2v) is 9.05. The molecule has 0 bridgehead atoms. The lowest BCUT2D eigenvalue weighted by molar-refractivity contribution is -0.131. The highest BCUT2D eigenvalue weighted by Gasteiger charge is 2.31. The Balaban J connectivity index is 1.19. The second-order valence-electron chi connectivity index (χ2n) is 9.05. The fourth-order valence-electron chi connectivity index (χ4n) is 5.27. The van der Waals surface area contributed by atoms with Crippen LogP contribution in [0.2, 0.25) is 0 Å². The zero-order chi connectivity index (χ0) is 20.8. The van der Waals surface area contributed by atoms with E-state index in [4.69, 9.17) is 0 Å². The van der Waals surface area contributed by atoms with E-state index in [0.717, 1.165) is 51.4 Å². The van der Waals surface area contributed by atoms with Crippen LogP contribution in [0.5, 0.6) is 0 Å². The molecule has 1 aromatic rings. The lowest BCUT2D eigenvalue weighted by atomic mass is 9.90. The van der Waals surface area contributed by atoms with Crippen LogP contribution in [-0.2, 0) is 11.2 Å². The molecule has 1 amide bonds. The fourth-order valence-corrected chi connectivity index (χ4v) is 5.27. The summed E-state index contributed by atoms with van der Waals surface area (Å²) in [7, 11) is 1.82. The van der Waals surface area contributed by atoms with Crippen LogP contribution in [0, 0.1) is 5.92 Å². The normalized spacial score (nSPS) is 23.9. The molecule has 3 heterocycles. The van der Waals surface area contributed by atoms with Gasteiger partial charge in [-0.15, -0.1) is 0 Å². The first-order chi connectivity index (χ1) is 14.7. The molecule has 1 N–H and O–H groups in total. The molecule has 1 unspecified atom stereocenters. The number of carbonyl (C=O) groups is 1. The Morgan fingerprint density at radius 1 is 1.00 bits per heavy atom. The standard InChI is InChI=1S/C24H37N5O/c1-25-24(29-16-11-22(19-29)27-12-5-6-13-27)26-18-23(30)28-14-9-21(10-15-28)17-20-7-3-2-4-8-20/h2-4,7-8,21-22H,5-6,9-19H2,1H3,(H,25,26). The molecule has 6 heteroatoms. The highest BCUT2D eigenvalue weighted by atomic mass is 16.2. The SMILES string of the molecule is CN=C(NCC(=O)N1CCC(Cc2ccccc2)CC1)N1CCC(N2CCCC2)C1. The van der Waals surface area contributed by atoms with Crippen molar-refractivity contribution >= 4 is 11.9 Å². The summed E-state index contributed by atoms with van der Waals surface area (Å²) >= 11 is 0. The molecular formula is C24H37N5O. The number of hydrogen-bond acceptors (Lipinski definition) is 3. The summed E-state index contributed by atoms with van der Waals surface area (Å²) in [5, 5.41) is 3.34. The molecule has 6 nitrogen and oxygen atoms in total. The lowest BCUT2D eigenvalue weighted by Crippen LogP contribution is -2.48. The minimum Gasteiger partial charge on any atom is -0.347 e. The van der Waals surface area contributed by atoms with Gasteiger partial charge in [-0.2, -0.15) is 0 Å². The van der Waals surface area contributed by atoms with Gasteiger partial charge >= 0.3 is 0 Å². The van der Waals surface area contributed by atoms with E-state index in [2.05, 4.69) is 50.4 Å². The minimum absolute atomic E-state index is 0.199. The summed E-state index contributed by atoms with van der Waals surface area (Å²) in [6, 6.07) is 11.4. The van der Waals surface area contributed by atoms with E-state index in [1.54, 1.807) is 0 Å². The van der Waals surface area contributed by atoms with Crippen molar-refractivity contribution in [1.82, 2.24) is 20.0 Å². The summed E-state index contributed by atoms with van der Waals surface area (Å²) < 4.78 is 0. The molecule has 0 radical (unpaired) electrons. The first-order valence-corrected chi connectivity index (χ1v) is 11.7. The van der Waals surface area contributed by atoms with Crippen molar-refractivity contribution in [3.63, 3.8) is 0 Å². The molecule has 3 aliphatic rings. The lowest BCUT2D eigenvalue weighted by Gasteiger charge is -2.32. The molecule has 3 saturated heterocycles. The van der Waals surface area contributed by atoms with E-state index >= 15 is 0 Å². The molecule has 3 fully saturated rings. The zero-order valence-electron chi connectivity index (χ0n) is 18.4. The third-order valence-electron chi connectivity index (χ3n) is 7.06. The summed E-state index contributed by atoms with van der Waals surface area (Å²) in [6.07, 6.45) is 7.18. The van der Waals surface area contributed by atoms with Crippen LogP contribution in [0.3, 0.4) is 0 Å². The Labute approximate surface area is 181 Å². The number of benzene rings is 1. The van der Waals surface area contributed by atoms with Crippen molar-refractivity contribution in [2.45, 2.75) is 44.6 Å². The molecule has 0 spiro atoms. The summed E-state index contributed by atoms with van der Waals surface area (Å²) in [6.45, 7) is 6.63. The number of nitrogens with zero attached hydrogens (tertiary/aromatic N) is 4. The number of rotatable bonds is 5. The van der Waals surface area contributed by atoms with E-state index in [1.165, 1.54) is 37.9 Å². The van der Waals surface area contributed by atoms with Crippen LogP contribution < -0.4 is 5.32 Å². The molecule has 0 aliphatic carbocycles. The molecule has 1 atom stereocenters. The third kappa shape index (κ3) is 5.34. The van der Waals surface area contributed by atoms with Crippen LogP contribution in [0.1, 0.15) is 37.7 Å². The van der Waals surface area contributed by atoms with Gasteiger partial charge in [0.15, 0.2) is 5.96 Å². The van der Waals surface area contributed by atoms with Crippen molar-refractivity contribution < 1.29 is 4.79 Å². The number of likely N-dealkylation sites (tertiary alicyclic amines) is 3. The van der Waals surface area contributed by atoms with E-state index in [0.29, 0.717) is 18.5 Å². The van der Waals surface area contributed by atoms with Gasteiger partial charge in [0.2, 0.25) is 5.91 Å². The van der Waals surface area contributed by atoms with Gasteiger partial charge in [0.05, 0.1) is 6.54 Å². The maximum Gasteiger partial charge on any atom is 0.241 e. The number of piperidine rings is 1. The van der Waals surface area contributed by atoms with Crippen LogP contribution >= 0.6 is 0 Å². The largest absolute Gasteiger partial charge is 0.347 e. The Morgan fingerprint density at radius 2 is 1.70 bits per heavy atom. The second kappa shape index (κ2) is 10.3.